The first kappa shape index (κ1) is 12.8. The summed E-state index contributed by atoms with van der Waals surface area (Å²) in [6.45, 7) is 1.17. The van der Waals surface area contributed by atoms with Gasteiger partial charge in [-0.25, -0.2) is 0 Å². The van der Waals surface area contributed by atoms with Crippen molar-refractivity contribution < 1.29 is 9.53 Å². The van der Waals surface area contributed by atoms with Gasteiger partial charge >= 0.3 is 0 Å². The van der Waals surface area contributed by atoms with Crippen LogP contribution in [0.1, 0.15) is 53.9 Å². The molecule has 1 saturated heterocycles. The molecule has 3 heteroatoms. The van der Waals surface area contributed by atoms with E-state index in [9.17, 15) is 4.79 Å². The molecule has 102 valence electrons. The van der Waals surface area contributed by atoms with Crippen LogP contribution in [0.2, 0.25) is 0 Å². The topological polar surface area (TPSA) is 52.3 Å². The summed E-state index contributed by atoms with van der Waals surface area (Å²) in [6, 6.07) is 8.08. The minimum absolute atomic E-state index is 0.0657. The number of hydrogen-bond acceptors (Lipinski definition) is 3. The SMILES string of the molecule is NC1(C(=O)c2ccc(C3CCC3)cc2)CCOCC1. The molecule has 19 heavy (non-hydrogen) atoms. The Morgan fingerprint density at radius 3 is 2.32 bits per heavy atom. The summed E-state index contributed by atoms with van der Waals surface area (Å²) < 4.78 is 5.29. The Hall–Kier alpha value is -1.19. The molecule has 1 heterocycles. The van der Waals surface area contributed by atoms with Crippen molar-refractivity contribution in [3.8, 4) is 0 Å². The third-order valence-corrected chi connectivity index (χ3v) is 4.59. The van der Waals surface area contributed by atoms with E-state index in [4.69, 9.17) is 10.5 Å². The van der Waals surface area contributed by atoms with E-state index in [0.29, 0.717) is 32.0 Å². The van der Waals surface area contributed by atoms with E-state index in [1.165, 1.54) is 24.8 Å². The van der Waals surface area contributed by atoms with Crippen molar-refractivity contribution in [1.82, 2.24) is 0 Å². The van der Waals surface area contributed by atoms with Crippen molar-refractivity contribution >= 4 is 5.78 Å². The molecule has 0 atom stereocenters. The molecule has 1 saturated carbocycles. The summed E-state index contributed by atoms with van der Waals surface area (Å²) in [7, 11) is 0. The first-order chi connectivity index (χ1) is 9.19. The summed E-state index contributed by atoms with van der Waals surface area (Å²) in [5.41, 5.74) is 7.62. The van der Waals surface area contributed by atoms with E-state index in [1.54, 1.807) is 0 Å². The molecule has 1 aliphatic heterocycles. The molecule has 0 radical (unpaired) electrons. The van der Waals surface area contributed by atoms with Gasteiger partial charge in [0.1, 0.15) is 0 Å². The highest BCUT2D eigenvalue weighted by Gasteiger charge is 2.36. The molecule has 2 fully saturated rings. The number of ketones is 1. The van der Waals surface area contributed by atoms with Gasteiger partial charge in [-0.05, 0) is 37.2 Å². The molecule has 1 aromatic carbocycles. The van der Waals surface area contributed by atoms with Gasteiger partial charge in [-0.2, -0.15) is 0 Å². The number of rotatable bonds is 3. The third-order valence-electron chi connectivity index (χ3n) is 4.59. The third kappa shape index (κ3) is 2.45. The van der Waals surface area contributed by atoms with Crippen LogP contribution in [0.15, 0.2) is 24.3 Å². The summed E-state index contributed by atoms with van der Waals surface area (Å²) in [5.74, 6) is 0.773. The average molecular weight is 259 g/mol. The molecule has 0 aromatic heterocycles. The van der Waals surface area contributed by atoms with Crippen LogP contribution in [0.5, 0.6) is 0 Å². The number of carbonyl (C=O) groups is 1. The highest BCUT2D eigenvalue weighted by Crippen LogP contribution is 2.36. The number of nitrogens with two attached hydrogens (primary N) is 1. The van der Waals surface area contributed by atoms with Crippen LogP contribution in [-0.2, 0) is 4.74 Å². The fraction of sp³-hybridized carbons (Fsp3) is 0.562. The lowest BCUT2D eigenvalue weighted by Crippen LogP contribution is -2.51. The maximum Gasteiger partial charge on any atom is 0.182 e. The predicted molar refractivity (Wildman–Crippen MR) is 74.3 cm³/mol. The summed E-state index contributed by atoms with van der Waals surface area (Å²) >= 11 is 0. The van der Waals surface area contributed by atoms with Crippen LogP contribution < -0.4 is 5.73 Å². The molecule has 2 N–H and O–H groups in total. The molecular weight excluding hydrogens is 238 g/mol. The van der Waals surface area contributed by atoms with Crippen LogP contribution in [0.25, 0.3) is 0 Å². The molecule has 0 amide bonds. The highest BCUT2D eigenvalue weighted by atomic mass is 16.5. The van der Waals surface area contributed by atoms with E-state index in [-0.39, 0.29) is 5.78 Å². The van der Waals surface area contributed by atoms with E-state index in [0.717, 1.165) is 5.56 Å². The van der Waals surface area contributed by atoms with Crippen molar-refractivity contribution in [3.63, 3.8) is 0 Å². The van der Waals surface area contributed by atoms with Crippen LogP contribution in [0.3, 0.4) is 0 Å². The van der Waals surface area contributed by atoms with Gasteiger partial charge in [0.2, 0.25) is 0 Å². The zero-order valence-electron chi connectivity index (χ0n) is 11.2. The summed E-state index contributed by atoms with van der Waals surface area (Å²) in [4.78, 5) is 12.5. The summed E-state index contributed by atoms with van der Waals surface area (Å²) in [6.07, 6.45) is 5.14. The number of carbonyl (C=O) groups excluding carboxylic acids is 1. The van der Waals surface area contributed by atoms with Crippen LogP contribution in [0.4, 0.5) is 0 Å². The minimum atomic E-state index is -0.726. The molecule has 1 aliphatic carbocycles. The zero-order chi connectivity index (χ0) is 13.3. The predicted octanol–water partition coefficient (Wildman–Crippen LogP) is 2.64. The lowest BCUT2D eigenvalue weighted by Gasteiger charge is -2.32. The fourth-order valence-electron chi connectivity index (χ4n) is 2.90. The molecule has 2 aliphatic rings. The first-order valence-corrected chi connectivity index (χ1v) is 7.20. The van der Waals surface area contributed by atoms with Gasteiger partial charge in [-0.3, -0.25) is 4.79 Å². The second kappa shape index (κ2) is 5.06. The molecule has 0 unspecified atom stereocenters. The Labute approximate surface area is 114 Å². The van der Waals surface area contributed by atoms with Gasteiger partial charge in [0.15, 0.2) is 5.78 Å². The normalized spacial score (nSPS) is 22.8. The van der Waals surface area contributed by atoms with Gasteiger partial charge in [-0.1, -0.05) is 30.7 Å². The van der Waals surface area contributed by atoms with Crippen LogP contribution in [-0.4, -0.2) is 24.5 Å². The Morgan fingerprint density at radius 2 is 1.79 bits per heavy atom. The van der Waals surface area contributed by atoms with Crippen LogP contribution >= 0.6 is 0 Å². The van der Waals surface area contributed by atoms with Crippen LogP contribution in [0, 0.1) is 0 Å². The Kier molecular flexibility index (Phi) is 3.42. The van der Waals surface area contributed by atoms with Gasteiger partial charge in [0, 0.05) is 18.8 Å². The second-order valence-electron chi connectivity index (χ2n) is 5.85. The molecule has 0 spiro atoms. The molecular formula is C16H21NO2. The minimum Gasteiger partial charge on any atom is -0.381 e. The van der Waals surface area contributed by atoms with E-state index < -0.39 is 5.54 Å². The van der Waals surface area contributed by atoms with Crippen molar-refractivity contribution in [3.05, 3.63) is 35.4 Å². The Balaban J connectivity index is 1.75. The smallest absolute Gasteiger partial charge is 0.182 e. The largest absolute Gasteiger partial charge is 0.381 e. The van der Waals surface area contributed by atoms with Crippen molar-refractivity contribution in [1.29, 1.82) is 0 Å². The van der Waals surface area contributed by atoms with Crippen molar-refractivity contribution in [2.45, 2.75) is 43.6 Å². The number of ether oxygens (including phenoxy) is 1. The first-order valence-electron chi connectivity index (χ1n) is 7.20. The van der Waals surface area contributed by atoms with Gasteiger partial charge in [-0.15, -0.1) is 0 Å². The maximum absolute atomic E-state index is 12.5. The van der Waals surface area contributed by atoms with Gasteiger partial charge in [0.25, 0.3) is 0 Å². The lowest BCUT2D eigenvalue weighted by atomic mass is 9.79. The lowest BCUT2D eigenvalue weighted by molar-refractivity contribution is 0.0448. The fourth-order valence-corrected chi connectivity index (χ4v) is 2.90. The molecule has 3 nitrogen and oxygen atoms in total. The van der Waals surface area contributed by atoms with E-state index >= 15 is 0 Å². The molecule has 1 aromatic rings. The number of Topliss-reactive ketones (excluding diaryl/α,β-unsaturated/α-hetero) is 1. The Bertz CT molecular complexity index is 456. The zero-order valence-corrected chi connectivity index (χ0v) is 11.2. The van der Waals surface area contributed by atoms with Gasteiger partial charge < -0.3 is 10.5 Å². The highest BCUT2D eigenvalue weighted by molar-refractivity contribution is 6.03. The average Bonchev–Trinajstić information content (AvgIpc) is 2.38. The monoisotopic (exact) mass is 259 g/mol. The standard InChI is InChI=1S/C16H21NO2/c17-16(8-10-19-11-9-16)15(18)14-6-4-13(5-7-14)12-2-1-3-12/h4-7,12H,1-3,8-11,17H2. The Morgan fingerprint density at radius 1 is 1.16 bits per heavy atom. The summed E-state index contributed by atoms with van der Waals surface area (Å²) in [5, 5.41) is 0. The molecule has 3 rings (SSSR count). The van der Waals surface area contributed by atoms with Crippen molar-refractivity contribution in [2.24, 2.45) is 5.73 Å². The second-order valence-corrected chi connectivity index (χ2v) is 5.85. The number of benzene rings is 1. The van der Waals surface area contributed by atoms with E-state index in [2.05, 4.69) is 12.1 Å². The van der Waals surface area contributed by atoms with E-state index in [1.807, 2.05) is 12.1 Å². The van der Waals surface area contributed by atoms with Crippen molar-refractivity contribution in [2.75, 3.05) is 13.2 Å². The maximum atomic E-state index is 12.5. The molecule has 0 bridgehead atoms. The quantitative estimate of drug-likeness (QED) is 0.849. The van der Waals surface area contributed by atoms with Gasteiger partial charge in [0.05, 0.1) is 5.54 Å². The number of hydrogen-bond donors (Lipinski definition) is 1.